The van der Waals surface area contributed by atoms with Crippen molar-refractivity contribution in [2.75, 3.05) is 31.2 Å². The fraction of sp³-hybridized carbons (Fsp3) is 0.727. The Bertz CT molecular complexity index is 307. The van der Waals surface area contributed by atoms with Crippen LogP contribution >= 0.6 is 11.3 Å². The van der Waals surface area contributed by atoms with E-state index in [1.54, 1.807) is 11.3 Å². The van der Waals surface area contributed by atoms with Crippen LogP contribution in [-0.4, -0.2) is 31.3 Å². The van der Waals surface area contributed by atoms with Gasteiger partial charge < -0.3 is 9.64 Å². The lowest BCUT2D eigenvalue weighted by Crippen LogP contribution is -2.36. The lowest BCUT2D eigenvalue weighted by Gasteiger charge is -2.26. The van der Waals surface area contributed by atoms with Gasteiger partial charge in [-0.05, 0) is 12.3 Å². The molecule has 0 saturated carbocycles. The molecule has 1 atom stereocenters. The number of nitrogens with zero attached hydrogens (tertiary/aromatic N) is 2. The highest BCUT2D eigenvalue weighted by Crippen LogP contribution is 2.26. The highest BCUT2D eigenvalue weighted by atomic mass is 32.1. The van der Waals surface area contributed by atoms with Gasteiger partial charge in [0, 0.05) is 18.5 Å². The second-order valence-corrected chi connectivity index (χ2v) is 4.80. The lowest BCUT2D eigenvalue weighted by molar-refractivity contribution is 0.122. The summed E-state index contributed by atoms with van der Waals surface area (Å²) in [5.41, 5.74) is 1.24. The molecule has 1 fully saturated rings. The van der Waals surface area contributed by atoms with E-state index in [1.807, 2.05) is 0 Å². The molecule has 3 nitrogen and oxygen atoms in total. The third kappa shape index (κ3) is 2.49. The predicted molar refractivity (Wildman–Crippen MR) is 63.9 cm³/mol. The van der Waals surface area contributed by atoms with Crippen LogP contribution in [0.25, 0.3) is 0 Å². The summed E-state index contributed by atoms with van der Waals surface area (Å²) in [5.74, 6) is 0.580. The van der Waals surface area contributed by atoms with Gasteiger partial charge in [-0.3, -0.25) is 0 Å². The topological polar surface area (TPSA) is 25.4 Å². The molecule has 1 aromatic rings. The maximum atomic E-state index is 5.33. The highest BCUT2D eigenvalue weighted by Gasteiger charge is 2.15. The Morgan fingerprint density at radius 3 is 2.93 bits per heavy atom. The zero-order valence-corrected chi connectivity index (χ0v) is 10.2. The van der Waals surface area contributed by atoms with Gasteiger partial charge in [-0.15, -0.1) is 11.3 Å². The number of morpholine rings is 1. The van der Waals surface area contributed by atoms with E-state index in [0.29, 0.717) is 5.92 Å². The van der Waals surface area contributed by atoms with Crippen LogP contribution < -0.4 is 4.90 Å². The number of ether oxygens (including phenoxy) is 1. The van der Waals surface area contributed by atoms with Gasteiger partial charge in [0.15, 0.2) is 5.13 Å². The van der Waals surface area contributed by atoms with E-state index in [0.717, 1.165) is 37.9 Å². The zero-order valence-electron chi connectivity index (χ0n) is 9.40. The van der Waals surface area contributed by atoms with E-state index in [2.05, 4.69) is 24.1 Å². The zero-order chi connectivity index (χ0) is 10.7. The van der Waals surface area contributed by atoms with Gasteiger partial charge in [0.25, 0.3) is 0 Å². The predicted octanol–water partition coefficient (Wildman–Crippen LogP) is 2.49. The second kappa shape index (κ2) is 4.94. The molecule has 1 aliphatic rings. The fourth-order valence-corrected chi connectivity index (χ4v) is 2.61. The first-order chi connectivity index (χ1) is 7.31. The van der Waals surface area contributed by atoms with E-state index >= 15 is 0 Å². The normalized spacial score (nSPS) is 19.2. The van der Waals surface area contributed by atoms with Crippen molar-refractivity contribution < 1.29 is 4.74 Å². The first-order valence-electron chi connectivity index (χ1n) is 5.59. The van der Waals surface area contributed by atoms with Gasteiger partial charge in [0.1, 0.15) is 0 Å². The number of aromatic nitrogens is 1. The molecule has 0 bridgehead atoms. The number of hydrogen-bond donors (Lipinski definition) is 0. The molecular weight excluding hydrogens is 208 g/mol. The summed E-state index contributed by atoms with van der Waals surface area (Å²) in [5, 5.41) is 3.35. The molecule has 1 aromatic heterocycles. The Kier molecular flexibility index (Phi) is 3.59. The molecule has 0 aromatic carbocycles. The second-order valence-electron chi connectivity index (χ2n) is 3.96. The molecule has 0 aliphatic carbocycles. The van der Waals surface area contributed by atoms with Crippen molar-refractivity contribution >= 4 is 16.5 Å². The Balaban J connectivity index is 2.05. The average molecular weight is 226 g/mol. The summed E-state index contributed by atoms with van der Waals surface area (Å²) in [7, 11) is 0. The standard InChI is InChI=1S/C11H18N2OS/c1-3-9(2)10-8-15-11(12-10)13-4-6-14-7-5-13/h8-9H,3-7H2,1-2H3. The summed E-state index contributed by atoms with van der Waals surface area (Å²) in [4.78, 5) is 7.01. The third-order valence-corrected chi connectivity index (χ3v) is 3.83. The van der Waals surface area contributed by atoms with Crippen molar-refractivity contribution in [2.24, 2.45) is 0 Å². The van der Waals surface area contributed by atoms with Crippen molar-refractivity contribution in [3.05, 3.63) is 11.1 Å². The molecule has 1 unspecified atom stereocenters. The van der Waals surface area contributed by atoms with Crippen LogP contribution in [0, 0.1) is 0 Å². The van der Waals surface area contributed by atoms with Crippen LogP contribution in [0.5, 0.6) is 0 Å². The summed E-state index contributed by atoms with van der Waals surface area (Å²) >= 11 is 1.76. The lowest BCUT2D eigenvalue weighted by atomic mass is 10.1. The number of rotatable bonds is 3. The fourth-order valence-electron chi connectivity index (χ4n) is 1.61. The molecule has 2 heterocycles. The molecule has 1 saturated heterocycles. The van der Waals surface area contributed by atoms with Gasteiger partial charge in [0.05, 0.1) is 18.9 Å². The SMILES string of the molecule is CCC(C)c1csc(N2CCOCC2)n1. The van der Waals surface area contributed by atoms with Gasteiger partial charge in [-0.1, -0.05) is 13.8 Å². The van der Waals surface area contributed by atoms with E-state index in [9.17, 15) is 0 Å². The largest absolute Gasteiger partial charge is 0.378 e. The molecule has 2 rings (SSSR count). The van der Waals surface area contributed by atoms with Crippen molar-refractivity contribution in [3.63, 3.8) is 0 Å². The monoisotopic (exact) mass is 226 g/mol. The Morgan fingerprint density at radius 1 is 1.53 bits per heavy atom. The molecule has 0 spiro atoms. The summed E-state index contributed by atoms with van der Waals surface area (Å²) in [6.07, 6.45) is 1.16. The minimum atomic E-state index is 0.580. The Hall–Kier alpha value is -0.610. The van der Waals surface area contributed by atoms with Crippen molar-refractivity contribution in [1.82, 2.24) is 4.98 Å². The van der Waals surface area contributed by atoms with E-state index in [1.165, 1.54) is 5.69 Å². The molecular formula is C11H18N2OS. The minimum Gasteiger partial charge on any atom is -0.378 e. The molecule has 0 N–H and O–H groups in total. The van der Waals surface area contributed by atoms with Crippen LogP contribution in [0.15, 0.2) is 5.38 Å². The number of thiazole rings is 1. The molecule has 84 valence electrons. The summed E-state index contributed by atoms with van der Waals surface area (Å²) in [6.45, 7) is 8.06. The van der Waals surface area contributed by atoms with E-state index < -0.39 is 0 Å². The summed E-state index contributed by atoms with van der Waals surface area (Å²) in [6, 6.07) is 0. The third-order valence-electron chi connectivity index (χ3n) is 2.91. The van der Waals surface area contributed by atoms with Gasteiger partial charge in [-0.2, -0.15) is 0 Å². The molecule has 4 heteroatoms. The number of hydrogen-bond acceptors (Lipinski definition) is 4. The number of anilines is 1. The maximum absolute atomic E-state index is 5.33. The van der Waals surface area contributed by atoms with E-state index in [-0.39, 0.29) is 0 Å². The Morgan fingerprint density at radius 2 is 2.27 bits per heavy atom. The van der Waals surface area contributed by atoms with Crippen molar-refractivity contribution in [2.45, 2.75) is 26.2 Å². The van der Waals surface area contributed by atoms with Crippen LogP contribution in [0.4, 0.5) is 5.13 Å². The van der Waals surface area contributed by atoms with Crippen LogP contribution in [0.1, 0.15) is 31.9 Å². The Labute approximate surface area is 95.1 Å². The molecule has 0 amide bonds. The summed E-state index contributed by atoms with van der Waals surface area (Å²) < 4.78 is 5.33. The van der Waals surface area contributed by atoms with Gasteiger partial charge in [0.2, 0.25) is 0 Å². The van der Waals surface area contributed by atoms with Gasteiger partial charge in [-0.25, -0.2) is 4.98 Å². The first kappa shape index (κ1) is 10.9. The molecule has 15 heavy (non-hydrogen) atoms. The van der Waals surface area contributed by atoms with Crippen LogP contribution in [-0.2, 0) is 4.74 Å². The molecule has 1 aliphatic heterocycles. The van der Waals surface area contributed by atoms with Gasteiger partial charge >= 0.3 is 0 Å². The van der Waals surface area contributed by atoms with Crippen molar-refractivity contribution in [1.29, 1.82) is 0 Å². The van der Waals surface area contributed by atoms with Crippen LogP contribution in [0.2, 0.25) is 0 Å². The smallest absolute Gasteiger partial charge is 0.185 e. The molecule has 0 radical (unpaired) electrons. The quantitative estimate of drug-likeness (QED) is 0.792. The maximum Gasteiger partial charge on any atom is 0.185 e. The average Bonchev–Trinajstić information content (AvgIpc) is 2.78. The van der Waals surface area contributed by atoms with Crippen LogP contribution in [0.3, 0.4) is 0 Å². The first-order valence-corrected chi connectivity index (χ1v) is 6.47. The minimum absolute atomic E-state index is 0.580. The highest BCUT2D eigenvalue weighted by molar-refractivity contribution is 7.13. The van der Waals surface area contributed by atoms with E-state index in [4.69, 9.17) is 9.72 Å². The van der Waals surface area contributed by atoms with Crippen molar-refractivity contribution in [3.8, 4) is 0 Å².